The van der Waals surface area contributed by atoms with Gasteiger partial charge in [0, 0.05) is 48.6 Å². The number of pyridine rings is 1. The Labute approximate surface area is 201 Å². The number of H-pyrrole nitrogens is 1. The molecule has 2 aromatic carbocycles. The molecule has 180 valence electrons. The lowest BCUT2D eigenvalue weighted by molar-refractivity contribution is 0.0946. The Bertz CT molecular complexity index is 1450. The quantitative estimate of drug-likeness (QED) is 0.426. The minimum atomic E-state index is -3.92. The van der Waals surface area contributed by atoms with Gasteiger partial charge >= 0.3 is 0 Å². The number of sulfone groups is 1. The van der Waals surface area contributed by atoms with Crippen LogP contribution in [0, 0.1) is 5.82 Å². The van der Waals surface area contributed by atoms with Crippen LogP contribution in [0.15, 0.2) is 76.8 Å². The van der Waals surface area contributed by atoms with Gasteiger partial charge in [0.2, 0.25) is 9.84 Å². The number of amides is 1. The number of hydrogen-bond donors (Lipinski definition) is 2. The van der Waals surface area contributed by atoms with E-state index < -0.39 is 15.7 Å². The zero-order valence-corrected chi connectivity index (χ0v) is 19.5. The van der Waals surface area contributed by atoms with Crippen LogP contribution in [0.5, 0.6) is 0 Å². The van der Waals surface area contributed by atoms with Gasteiger partial charge in [-0.3, -0.25) is 9.78 Å². The summed E-state index contributed by atoms with van der Waals surface area (Å²) in [4.78, 5) is 21.4. The van der Waals surface area contributed by atoms with Crippen molar-refractivity contribution in [2.24, 2.45) is 0 Å². The highest BCUT2D eigenvalue weighted by Crippen LogP contribution is 2.27. The van der Waals surface area contributed by atoms with Gasteiger partial charge in [0.25, 0.3) is 5.91 Å². The molecule has 0 unspecified atom stereocenters. The van der Waals surface area contributed by atoms with Crippen LogP contribution in [0.1, 0.15) is 16.1 Å². The number of aromatic amines is 1. The molecule has 0 aliphatic carbocycles. The minimum absolute atomic E-state index is 0.0502. The van der Waals surface area contributed by atoms with Crippen LogP contribution < -0.4 is 10.2 Å². The lowest BCUT2D eigenvalue weighted by Crippen LogP contribution is -2.36. The normalized spacial score (nSPS) is 14.3. The fourth-order valence-electron chi connectivity index (χ4n) is 4.00. The van der Waals surface area contributed by atoms with Gasteiger partial charge in [0.1, 0.15) is 11.5 Å². The molecule has 2 aromatic heterocycles. The van der Waals surface area contributed by atoms with E-state index in [1.165, 1.54) is 24.3 Å². The highest BCUT2D eigenvalue weighted by molar-refractivity contribution is 7.91. The van der Waals surface area contributed by atoms with Gasteiger partial charge in [0.15, 0.2) is 0 Å². The van der Waals surface area contributed by atoms with E-state index in [-0.39, 0.29) is 22.2 Å². The molecule has 1 amide bonds. The molecular weight excluding hydrogens is 471 g/mol. The molecule has 0 atom stereocenters. The lowest BCUT2D eigenvalue weighted by Gasteiger charge is -2.29. The van der Waals surface area contributed by atoms with Gasteiger partial charge in [-0.2, -0.15) is 0 Å². The number of anilines is 1. The first kappa shape index (κ1) is 23.0. The zero-order chi connectivity index (χ0) is 24.4. The Morgan fingerprint density at radius 3 is 2.57 bits per heavy atom. The average Bonchev–Trinajstić information content (AvgIpc) is 3.32. The largest absolute Gasteiger partial charge is 0.378 e. The second-order valence-corrected chi connectivity index (χ2v) is 10.2. The fraction of sp³-hybridized carbons (Fsp3) is 0.200. The van der Waals surface area contributed by atoms with E-state index in [4.69, 9.17) is 4.74 Å². The number of aromatic nitrogens is 2. The van der Waals surface area contributed by atoms with Crippen molar-refractivity contribution in [2.75, 3.05) is 31.2 Å². The van der Waals surface area contributed by atoms with Crippen LogP contribution in [-0.4, -0.2) is 50.6 Å². The Balaban J connectivity index is 1.29. The van der Waals surface area contributed by atoms with Gasteiger partial charge in [-0.25, -0.2) is 12.8 Å². The second-order valence-electron chi connectivity index (χ2n) is 8.22. The van der Waals surface area contributed by atoms with E-state index in [1.807, 2.05) is 4.90 Å². The third-order valence-corrected chi connectivity index (χ3v) is 7.64. The first-order valence-corrected chi connectivity index (χ1v) is 12.6. The standard InChI is InChI=1S/C25H23FN4O4S/c26-19-12-20(30-7-9-34-10-8-30)14-22(13-19)35(32,33)21-3-1-17(2-4-21)15-28-25(31)24-11-18-16-27-6-5-23(18)29-24/h1-6,11-14,16,29H,7-10,15H2,(H,28,31). The molecule has 0 radical (unpaired) electrons. The van der Waals surface area contributed by atoms with Crippen LogP contribution in [0.4, 0.5) is 10.1 Å². The summed E-state index contributed by atoms with van der Waals surface area (Å²) >= 11 is 0. The molecule has 5 rings (SSSR count). The molecule has 4 aromatic rings. The van der Waals surface area contributed by atoms with E-state index in [2.05, 4.69) is 15.3 Å². The van der Waals surface area contributed by atoms with Crippen LogP contribution in [0.25, 0.3) is 10.9 Å². The summed E-state index contributed by atoms with van der Waals surface area (Å²) in [6.45, 7) is 2.37. The van der Waals surface area contributed by atoms with Crippen molar-refractivity contribution in [3.63, 3.8) is 0 Å². The molecule has 1 saturated heterocycles. The van der Waals surface area contributed by atoms with E-state index in [1.54, 1.807) is 36.7 Å². The summed E-state index contributed by atoms with van der Waals surface area (Å²) in [7, 11) is -3.92. The highest BCUT2D eigenvalue weighted by atomic mass is 32.2. The molecule has 0 bridgehead atoms. The number of nitrogens with zero attached hydrogens (tertiary/aromatic N) is 2. The predicted octanol–water partition coefficient (Wildman–Crippen LogP) is 3.30. The number of fused-ring (bicyclic) bond motifs is 1. The third-order valence-electron chi connectivity index (χ3n) is 5.90. The lowest BCUT2D eigenvalue weighted by atomic mass is 10.2. The predicted molar refractivity (Wildman–Crippen MR) is 129 cm³/mol. The number of hydrogen-bond acceptors (Lipinski definition) is 6. The van der Waals surface area contributed by atoms with Gasteiger partial charge in [-0.15, -0.1) is 0 Å². The molecule has 3 heterocycles. The maximum atomic E-state index is 14.3. The van der Waals surface area contributed by atoms with Crippen LogP contribution >= 0.6 is 0 Å². The number of rotatable bonds is 6. The number of halogens is 1. The number of benzene rings is 2. The summed E-state index contributed by atoms with van der Waals surface area (Å²) < 4.78 is 46.0. The summed E-state index contributed by atoms with van der Waals surface area (Å²) in [6, 6.07) is 13.5. The molecule has 1 aliphatic rings. The molecule has 2 N–H and O–H groups in total. The van der Waals surface area contributed by atoms with Crippen LogP contribution in [0.2, 0.25) is 0 Å². The van der Waals surface area contributed by atoms with Crippen molar-refractivity contribution in [3.05, 3.63) is 84.1 Å². The number of carbonyl (C=O) groups excluding carboxylic acids is 1. The molecular formula is C25H23FN4O4S. The Morgan fingerprint density at radius 2 is 1.83 bits per heavy atom. The molecule has 8 nitrogen and oxygen atoms in total. The van der Waals surface area contributed by atoms with Crippen molar-refractivity contribution in [1.29, 1.82) is 0 Å². The summed E-state index contributed by atoms with van der Waals surface area (Å²) in [5, 5.41) is 3.65. The molecule has 10 heteroatoms. The number of nitrogens with one attached hydrogen (secondary N) is 2. The van der Waals surface area contributed by atoms with Crippen molar-refractivity contribution < 1.29 is 22.3 Å². The molecule has 1 fully saturated rings. The smallest absolute Gasteiger partial charge is 0.267 e. The monoisotopic (exact) mass is 494 g/mol. The van der Waals surface area contributed by atoms with Gasteiger partial charge in [-0.1, -0.05) is 12.1 Å². The van der Waals surface area contributed by atoms with Crippen molar-refractivity contribution in [3.8, 4) is 0 Å². The van der Waals surface area contributed by atoms with Gasteiger partial charge in [-0.05, 0) is 48.0 Å². The fourth-order valence-corrected chi connectivity index (χ4v) is 5.31. The minimum Gasteiger partial charge on any atom is -0.378 e. The zero-order valence-electron chi connectivity index (χ0n) is 18.7. The molecule has 0 saturated carbocycles. The van der Waals surface area contributed by atoms with E-state index in [0.29, 0.717) is 37.7 Å². The molecule has 1 aliphatic heterocycles. The summed E-state index contributed by atoms with van der Waals surface area (Å²) in [6.07, 6.45) is 3.31. The maximum absolute atomic E-state index is 14.3. The Kier molecular flexibility index (Phi) is 6.23. The first-order chi connectivity index (χ1) is 16.9. The highest BCUT2D eigenvalue weighted by Gasteiger charge is 2.21. The third kappa shape index (κ3) is 4.89. The Morgan fingerprint density at radius 1 is 1.06 bits per heavy atom. The van der Waals surface area contributed by atoms with Crippen LogP contribution in [-0.2, 0) is 21.1 Å². The van der Waals surface area contributed by atoms with Gasteiger partial charge < -0.3 is 19.9 Å². The molecule has 35 heavy (non-hydrogen) atoms. The molecule has 0 spiro atoms. The van der Waals surface area contributed by atoms with Crippen molar-refractivity contribution >= 4 is 32.3 Å². The Hall–Kier alpha value is -3.76. The number of ether oxygens (including phenoxy) is 1. The number of morpholine rings is 1. The van der Waals surface area contributed by atoms with Crippen LogP contribution in [0.3, 0.4) is 0 Å². The first-order valence-electron chi connectivity index (χ1n) is 11.1. The average molecular weight is 495 g/mol. The van der Waals surface area contributed by atoms with E-state index in [9.17, 15) is 17.6 Å². The second kappa shape index (κ2) is 9.47. The van der Waals surface area contributed by atoms with Crippen molar-refractivity contribution in [2.45, 2.75) is 16.3 Å². The van der Waals surface area contributed by atoms with Crippen molar-refractivity contribution in [1.82, 2.24) is 15.3 Å². The maximum Gasteiger partial charge on any atom is 0.267 e. The van der Waals surface area contributed by atoms with E-state index >= 15 is 0 Å². The summed E-state index contributed by atoms with van der Waals surface area (Å²) in [5.41, 5.74) is 2.46. The number of carbonyl (C=O) groups is 1. The topological polar surface area (TPSA) is 104 Å². The van der Waals surface area contributed by atoms with Gasteiger partial charge in [0.05, 0.1) is 23.0 Å². The van der Waals surface area contributed by atoms with E-state index in [0.717, 1.165) is 22.5 Å². The SMILES string of the molecule is O=C(NCc1ccc(S(=O)(=O)c2cc(F)cc(N3CCOCC3)c2)cc1)c1cc2cnccc2[nH]1. The summed E-state index contributed by atoms with van der Waals surface area (Å²) in [5.74, 6) is -0.895.